The SMILES string of the molecule is O=C(O)CC(NC(=O)c1cc(C2CC2)on1)c1cccc(Br)c1. The maximum absolute atomic E-state index is 12.3. The fraction of sp³-hybridized carbons (Fsp3) is 0.312. The smallest absolute Gasteiger partial charge is 0.305 e. The van der Waals surface area contributed by atoms with E-state index in [9.17, 15) is 9.59 Å². The molecule has 0 aliphatic heterocycles. The molecule has 1 atom stereocenters. The molecular formula is C16H15BrN2O4. The van der Waals surface area contributed by atoms with E-state index in [0.717, 1.165) is 17.3 Å². The van der Waals surface area contributed by atoms with Gasteiger partial charge in [0.05, 0.1) is 12.5 Å². The largest absolute Gasteiger partial charge is 0.481 e. The van der Waals surface area contributed by atoms with Crippen molar-refractivity contribution in [3.63, 3.8) is 0 Å². The summed E-state index contributed by atoms with van der Waals surface area (Å²) in [6.07, 6.45) is 1.89. The Balaban J connectivity index is 1.76. The van der Waals surface area contributed by atoms with E-state index in [2.05, 4.69) is 26.4 Å². The summed E-state index contributed by atoms with van der Waals surface area (Å²) in [7, 11) is 0. The zero-order valence-corrected chi connectivity index (χ0v) is 13.7. The zero-order valence-electron chi connectivity index (χ0n) is 12.2. The Bertz CT molecular complexity index is 739. The Morgan fingerprint density at radius 1 is 1.39 bits per heavy atom. The molecule has 1 aromatic heterocycles. The van der Waals surface area contributed by atoms with Gasteiger partial charge in [0.1, 0.15) is 5.76 Å². The Labute approximate surface area is 141 Å². The van der Waals surface area contributed by atoms with Crippen LogP contribution in [0, 0.1) is 0 Å². The lowest BCUT2D eigenvalue weighted by atomic mass is 10.0. The molecule has 0 radical (unpaired) electrons. The van der Waals surface area contributed by atoms with Crippen molar-refractivity contribution in [2.45, 2.75) is 31.2 Å². The van der Waals surface area contributed by atoms with Crippen molar-refractivity contribution < 1.29 is 19.2 Å². The van der Waals surface area contributed by atoms with Crippen molar-refractivity contribution in [1.82, 2.24) is 10.5 Å². The van der Waals surface area contributed by atoms with Crippen LogP contribution < -0.4 is 5.32 Å². The number of rotatable bonds is 6. The van der Waals surface area contributed by atoms with Gasteiger partial charge in [-0.2, -0.15) is 0 Å². The van der Waals surface area contributed by atoms with Gasteiger partial charge in [-0.15, -0.1) is 0 Å². The normalized spacial score (nSPS) is 15.2. The number of amides is 1. The van der Waals surface area contributed by atoms with Crippen molar-refractivity contribution in [3.05, 3.63) is 51.8 Å². The predicted octanol–water partition coefficient (Wildman–Crippen LogP) is 3.26. The van der Waals surface area contributed by atoms with Crippen LogP contribution in [-0.4, -0.2) is 22.1 Å². The van der Waals surface area contributed by atoms with Crippen LogP contribution in [0.15, 0.2) is 39.3 Å². The number of aromatic nitrogens is 1. The van der Waals surface area contributed by atoms with Gasteiger partial charge in [0.25, 0.3) is 5.91 Å². The third-order valence-corrected chi connectivity index (χ3v) is 4.17. The van der Waals surface area contributed by atoms with E-state index in [1.54, 1.807) is 24.3 Å². The summed E-state index contributed by atoms with van der Waals surface area (Å²) in [5, 5.41) is 15.6. The summed E-state index contributed by atoms with van der Waals surface area (Å²) in [4.78, 5) is 23.4. The fourth-order valence-electron chi connectivity index (χ4n) is 2.34. The summed E-state index contributed by atoms with van der Waals surface area (Å²) in [6, 6.07) is 8.18. The second-order valence-corrected chi connectivity index (χ2v) is 6.48. The van der Waals surface area contributed by atoms with Crippen LogP contribution in [0.4, 0.5) is 0 Å². The van der Waals surface area contributed by atoms with E-state index in [-0.39, 0.29) is 12.1 Å². The molecule has 1 aliphatic rings. The highest BCUT2D eigenvalue weighted by Gasteiger charge is 2.29. The first-order valence-corrected chi connectivity index (χ1v) is 8.07. The number of benzene rings is 1. The molecule has 1 aromatic carbocycles. The van der Waals surface area contributed by atoms with Crippen LogP contribution in [0.1, 0.15) is 53.0 Å². The highest BCUT2D eigenvalue weighted by Crippen LogP contribution is 2.40. The molecule has 2 N–H and O–H groups in total. The summed E-state index contributed by atoms with van der Waals surface area (Å²) in [5.74, 6) is -0.350. The van der Waals surface area contributed by atoms with Gasteiger partial charge in [0.15, 0.2) is 5.69 Å². The molecule has 120 valence electrons. The zero-order chi connectivity index (χ0) is 16.4. The van der Waals surface area contributed by atoms with E-state index in [1.165, 1.54) is 0 Å². The summed E-state index contributed by atoms with van der Waals surface area (Å²) < 4.78 is 5.98. The third kappa shape index (κ3) is 3.98. The molecule has 0 spiro atoms. The van der Waals surface area contributed by atoms with Gasteiger partial charge < -0.3 is 14.9 Å². The van der Waals surface area contributed by atoms with Crippen LogP contribution in [-0.2, 0) is 4.79 Å². The number of carbonyl (C=O) groups excluding carboxylic acids is 1. The lowest BCUT2D eigenvalue weighted by Gasteiger charge is -2.17. The fourth-order valence-corrected chi connectivity index (χ4v) is 2.76. The topological polar surface area (TPSA) is 92.4 Å². The Kier molecular flexibility index (Phi) is 4.47. The van der Waals surface area contributed by atoms with Gasteiger partial charge in [-0.05, 0) is 30.5 Å². The standard InChI is InChI=1S/C16H15BrN2O4/c17-11-3-1-2-10(6-11)12(8-15(20)21)18-16(22)13-7-14(23-19-13)9-4-5-9/h1-3,6-7,9,12H,4-5,8H2,(H,18,22)(H,20,21). The molecule has 1 amide bonds. The van der Waals surface area contributed by atoms with Crippen molar-refractivity contribution >= 4 is 27.8 Å². The number of hydrogen-bond donors (Lipinski definition) is 2. The number of carboxylic acids is 1. The average Bonchev–Trinajstić information content (AvgIpc) is 3.23. The Morgan fingerprint density at radius 3 is 2.83 bits per heavy atom. The Hall–Kier alpha value is -2.15. The minimum absolute atomic E-state index is 0.178. The molecule has 1 heterocycles. The molecule has 1 aliphatic carbocycles. The number of carboxylic acid groups (broad SMARTS) is 1. The molecule has 23 heavy (non-hydrogen) atoms. The first-order valence-electron chi connectivity index (χ1n) is 7.27. The van der Waals surface area contributed by atoms with Crippen LogP contribution in [0.2, 0.25) is 0 Å². The third-order valence-electron chi connectivity index (χ3n) is 3.68. The molecule has 2 aromatic rings. The summed E-state index contributed by atoms with van der Waals surface area (Å²) in [5.41, 5.74) is 0.887. The van der Waals surface area contributed by atoms with Gasteiger partial charge in [-0.1, -0.05) is 33.2 Å². The first-order chi connectivity index (χ1) is 11.0. The number of hydrogen-bond acceptors (Lipinski definition) is 4. The van der Waals surface area contributed by atoms with Gasteiger partial charge in [0.2, 0.25) is 0 Å². The molecule has 1 unspecified atom stereocenters. The molecule has 0 bridgehead atoms. The quantitative estimate of drug-likeness (QED) is 0.804. The summed E-state index contributed by atoms with van der Waals surface area (Å²) >= 11 is 3.35. The van der Waals surface area contributed by atoms with Crippen LogP contribution in [0.25, 0.3) is 0 Å². The van der Waals surface area contributed by atoms with Gasteiger partial charge >= 0.3 is 5.97 Å². The predicted molar refractivity (Wildman–Crippen MR) is 85.1 cm³/mol. The van der Waals surface area contributed by atoms with Crippen molar-refractivity contribution in [3.8, 4) is 0 Å². The number of nitrogens with one attached hydrogen (secondary N) is 1. The van der Waals surface area contributed by atoms with E-state index >= 15 is 0 Å². The van der Waals surface area contributed by atoms with Gasteiger partial charge in [0, 0.05) is 16.5 Å². The molecule has 1 fully saturated rings. The molecular weight excluding hydrogens is 364 g/mol. The van der Waals surface area contributed by atoms with E-state index < -0.39 is 17.9 Å². The lowest BCUT2D eigenvalue weighted by Crippen LogP contribution is -2.30. The Morgan fingerprint density at radius 2 is 2.17 bits per heavy atom. The molecule has 1 saturated carbocycles. The monoisotopic (exact) mass is 378 g/mol. The summed E-state index contributed by atoms with van der Waals surface area (Å²) in [6.45, 7) is 0. The minimum atomic E-state index is -0.992. The van der Waals surface area contributed by atoms with Crippen LogP contribution in [0.3, 0.4) is 0 Å². The van der Waals surface area contributed by atoms with Crippen LogP contribution >= 0.6 is 15.9 Å². The molecule has 3 rings (SSSR count). The van der Waals surface area contributed by atoms with Crippen molar-refractivity contribution in [2.75, 3.05) is 0 Å². The highest BCUT2D eigenvalue weighted by molar-refractivity contribution is 9.10. The average molecular weight is 379 g/mol. The molecule has 7 heteroatoms. The second kappa shape index (κ2) is 6.54. The van der Waals surface area contributed by atoms with E-state index in [4.69, 9.17) is 9.63 Å². The van der Waals surface area contributed by atoms with E-state index in [1.807, 2.05) is 6.07 Å². The maximum atomic E-state index is 12.3. The maximum Gasteiger partial charge on any atom is 0.305 e. The lowest BCUT2D eigenvalue weighted by molar-refractivity contribution is -0.137. The first kappa shape index (κ1) is 15.7. The number of nitrogens with zero attached hydrogens (tertiary/aromatic N) is 1. The molecule has 0 saturated heterocycles. The number of carbonyl (C=O) groups is 2. The van der Waals surface area contributed by atoms with Gasteiger partial charge in [-0.3, -0.25) is 9.59 Å². The van der Waals surface area contributed by atoms with Crippen LogP contribution in [0.5, 0.6) is 0 Å². The minimum Gasteiger partial charge on any atom is -0.481 e. The number of halogens is 1. The molecule has 6 nitrogen and oxygen atoms in total. The second-order valence-electron chi connectivity index (χ2n) is 5.57. The van der Waals surface area contributed by atoms with Crippen molar-refractivity contribution in [1.29, 1.82) is 0 Å². The number of aliphatic carboxylic acids is 1. The van der Waals surface area contributed by atoms with E-state index in [0.29, 0.717) is 17.2 Å². The van der Waals surface area contributed by atoms with Crippen molar-refractivity contribution in [2.24, 2.45) is 0 Å². The highest BCUT2D eigenvalue weighted by atomic mass is 79.9. The van der Waals surface area contributed by atoms with Gasteiger partial charge in [-0.25, -0.2) is 0 Å².